The average molecular weight is 380 g/mol. The first-order chi connectivity index (χ1) is 13.3. The summed E-state index contributed by atoms with van der Waals surface area (Å²) in [7, 11) is 0. The number of hydrogen-bond acceptors (Lipinski definition) is 5. The number of pyridine rings is 1. The van der Waals surface area contributed by atoms with Gasteiger partial charge in [0.05, 0.1) is 12.3 Å². The van der Waals surface area contributed by atoms with Crippen molar-refractivity contribution >= 4 is 22.2 Å². The minimum Gasteiger partial charge on any atom is -0.493 e. The topological polar surface area (TPSA) is 47.0 Å². The number of aromatic nitrogens is 2. The van der Waals surface area contributed by atoms with Crippen LogP contribution in [0.1, 0.15) is 37.7 Å². The Morgan fingerprint density at radius 2 is 2.07 bits per heavy atom. The van der Waals surface area contributed by atoms with Crippen molar-refractivity contribution in [2.24, 2.45) is 5.92 Å². The normalized spacial score (nSPS) is 14.9. The van der Waals surface area contributed by atoms with Crippen LogP contribution in [-0.4, -0.2) is 16.6 Å². The number of anilines is 2. The van der Waals surface area contributed by atoms with E-state index in [1.807, 2.05) is 23.7 Å². The van der Waals surface area contributed by atoms with Gasteiger partial charge >= 0.3 is 0 Å². The molecule has 0 saturated heterocycles. The van der Waals surface area contributed by atoms with Gasteiger partial charge in [0.25, 0.3) is 0 Å². The summed E-state index contributed by atoms with van der Waals surface area (Å²) in [5, 5.41) is 6.33. The molecule has 27 heavy (non-hydrogen) atoms. The van der Waals surface area contributed by atoms with Crippen LogP contribution in [0.15, 0.2) is 48.1 Å². The fourth-order valence-corrected chi connectivity index (χ4v) is 4.24. The summed E-state index contributed by atoms with van der Waals surface area (Å²) in [4.78, 5) is 8.84. The number of ether oxygens (including phenoxy) is 1. The zero-order chi connectivity index (χ0) is 18.5. The lowest BCUT2D eigenvalue weighted by atomic mass is 9.90. The van der Waals surface area contributed by atoms with Gasteiger partial charge in [-0.2, -0.15) is 0 Å². The number of nitrogens with one attached hydrogen (secondary N) is 1. The van der Waals surface area contributed by atoms with Crippen LogP contribution in [0.2, 0.25) is 0 Å². The molecule has 1 aliphatic carbocycles. The van der Waals surface area contributed by atoms with E-state index in [4.69, 9.17) is 4.74 Å². The molecule has 1 N–H and O–H groups in total. The Labute approximate surface area is 164 Å². The molecular weight excluding hydrogens is 354 g/mol. The smallest absolute Gasteiger partial charge is 0.187 e. The van der Waals surface area contributed by atoms with Crippen molar-refractivity contribution in [3.8, 4) is 17.0 Å². The van der Waals surface area contributed by atoms with Gasteiger partial charge in [-0.1, -0.05) is 25.3 Å². The minimum atomic E-state index is 0.704. The molecule has 0 unspecified atom stereocenters. The summed E-state index contributed by atoms with van der Waals surface area (Å²) in [6.07, 6.45) is 10.3. The summed E-state index contributed by atoms with van der Waals surface area (Å²) in [5.41, 5.74) is 4.15. The minimum absolute atomic E-state index is 0.704. The number of rotatable bonds is 6. The van der Waals surface area contributed by atoms with Gasteiger partial charge < -0.3 is 10.1 Å². The van der Waals surface area contributed by atoms with Crippen LogP contribution in [0, 0.1) is 12.8 Å². The Kier molecular flexibility index (Phi) is 5.68. The van der Waals surface area contributed by atoms with Crippen LogP contribution in [0.3, 0.4) is 0 Å². The SMILES string of the molecule is Cc1ccc(Nc2nc(-c3cccnc3)cs2)cc1OCC1CCCCC1. The molecule has 2 aromatic heterocycles. The van der Waals surface area contributed by atoms with Gasteiger partial charge in [0, 0.05) is 35.1 Å². The van der Waals surface area contributed by atoms with E-state index in [2.05, 4.69) is 40.4 Å². The van der Waals surface area contributed by atoms with Gasteiger partial charge in [0.2, 0.25) is 0 Å². The lowest BCUT2D eigenvalue weighted by Gasteiger charge is -2.22. The second-order valence-electron chi connectivity index (χ2n) is 7.20. The molecule has 2 heterocycles. The van der Waals surface area contributed by atoms with Crippen molar-refractivity contribution in [1.82, 2.24) is 9.97 Å². The molecule has 1 aliphatic rings. The van der Waals surface area contributed by atoms with E-state index >= 15 is 0 Å². The molecular formula is C22H25N3OS. The number of nitrogens with zero attached hydrogens (tertiary/aromatic N) is 2. The third-order valence-electron chi connectivity index (χ3n) is 5.10. The molecule has 0 aliphatic heterocycles. The molecule has 0 bridgehead atoms. The van der Waals surface area contributed by atoms with E-state index in [1.54, 1.807) is 17.5 Å². The molecule has 0 radical (unpaired) electrons. The van der Waals surface area contributed by atoms with Crippen molar-refractivity contribution < 1.29 is 4.74 Å². The summed E-state index contributed by atoms with van der Waals surface area (Å²) < 4.78 is 6.16. The molecule has 1 fully saturated rings. The Morgan fingerprint density at radius 3 is 2.89 bits per heavy atom. The summed E-state index contributed by atoms with van der Waals surface area (Å²) >= 11 is 1.59. The van der Waals surface area contributed by atoms with Gasteiger partial charge in [0.1, 0.15) is 5.75 Å². The molecule has 4 nitrogen and oxygen atoms in total. The van der Waals surface area contributed by atoms with E-state index in [0.29, 0.717) is 5.92 Å². The predicted molar refractivity (Wildman–Crippen MR) is 112 cm³/mol. The Hall–Kier alpha value is -2.40. The van der Waals surface area contributed by atoms with Crippen LogP contribution >= 0.6 is 11.3 Å². The maximum absolute atomic E-state index is 6.16. The Bertz CT molecular complexity index is 872. The van der Waals surface area contributed by atoms with Crippen molar-refractivity contribution in [3.05, 3.63) is 53.7 Å². The van der Waals surface area contributed by atoms with Crippen molar-refractivity contribution in [2.75, 3.05) is 11.9 Å². The zero-order valence-corrected chi connectivity index (χ0v) is 16.5. The first kappa shape index (κ1) is 18.0. The Morgan fingerprint density at radius 1 is 1.19 bits per heavy atom. The molecule has 3 aromatic rings. The quantitative estimate of drug-likeness (QED) is 0.552. The zero-order valence-electron chi connectivity index (χ0n) is 15.6. The van der Waals surface area contributed by atoms with Crippen LogP contribution in [0.5, 0.6) is 5.75 Å². The first-order valence-electron chi connectivity index (χ1n) is 9.64. The standard InChI is InChI=1S/C22H25N3OS/c1-16-9-10-19(12-21(16)26-14-17-6-3-2-4-7-17)24-22-25-20(15-27-22)18-8-5-11-23-13-18/h5,8-13,15,17H,2-4,6-7,14H2,1H3,(H,24,25). The highest BCUT2D eigenvalue weighted by Crippen LogP contribution is 2.30. The van der Waals surface area contributed by atoms with Gasteiger partial charge in [-0.3, -0.25) is 4.98 Å². The number of thiazole rings is 1. The number of hydrogen-bond donors (Lipinski definition) is 1. The van der Waals surface area contributed by atoms with Crippen LogP contribution in [-0.2, 0) is 0 Å². The van der Waals surface area contributed by atoms with Crippen LogP contribution in [0.4, 0.5) is 10.8 Å². The van der Waals surface area contributed by atoms with Gasteiger partial charge in [-0.05, 0) is 49.4 Å². The average Bonchev–Trinajstić information content (AvgIpc) is 3.18. The molecule has 1 saturated carbocycles. The van der Waals surface area contributed by atoms with Crippen molar-refractivity contribution in [3.63, 3.8) is 0 Å². The fraction of sp³-hybridized carbons (Fsp3) is 0.364. The third kappa shape index (κ3) is 4.66. The van der Waals surface area contributed by atoms with E-state index in [1.165, 1.54) is 37.7 Å². The lowest BCUT2D eigenvalue weighted by Crippen LogP contribution is -2.15. The highest BCUT2D eigenvalue weighted by atomic mass is 32.1. The second kappa shape index (κ2) is 8.53. The fourth-order valence-electron chi connectivity index (χ4n) is 3.50. The van der Waals surface area contributed by atoms with Crippen LogP contribution in [0.25, 0.3) is 11.3 Å². The molecule has 0 amide bonds. The summed E-state index contributed by atoms with van der Waals surface area (Å²) in [6, 6.07) is 10.2. The molecule has 5 heteroatoms. The van der Waals surface area contributed by atoms with E-state index < -0.39 is 0 Å². The monoisotopic (exact) mass is 379 g/mol. The highest BCUT2D eigenvalue weighted by Gasteiger charge is 2.15. The van der Waals surface area contributed by atoms with E-state index in [0.717, 1.165) is 34.4 Å². The molecule has 0 atom stereocenters. The maximum atomic E-state index is 6.16. The molecule has 140 valence electrons. The second-order valence-corrected chi connectivity index (χ2v) is 8.06. The van der Waals surface area contributed by atoms with Crippen molar-refractivity contribution in [1.29, 1.82) is 0 Å². The third-order valence-corrected chi connectivity index (χ3v) is 5.86. The molecule has 0 spiro atoms. The van der Waals surface area contributed by atoms with E-state index in [-0.39, 0.29) is 0 Å². The van der Waals surface area contributed by atoms with E-state index in [9.17, 15) is 0 Å². The van der Waals surface area contributed by atoms with Gasteiger partial charge in [-0.25, -0.2) is 4.98 Å². The van der Waals surface area contributed by atoms with Gasteiger partial charge in [0.15, 0.2) is 5.13 Å². The number of aryl methyl sites for hydroxylation is 1. The molecule has 1 aromatic carbocycles. The van der Waals surface area contributed by atoms with Gasteiger partial charge in [-0.15, -0.1) is 11.3 Å². The largest absolute Gasteiger partial charge is 0.493 e. The van der Waals surface area contributed by atoms with Crippen molar-refractivity contribution in [2.45, 2.75) is 39.0 Å². The molecule has 4 rings (SSSR count). The lowest BCUT2D eigenvalue weighted by molar-refractivity contribution is 0.208. The predicted octanol–water partition coefficient (Wildman–Crippen LogP) is 6.22. The first-order valence-corrected chi connectivity index (χ1v) is 10.5. The van der Waals surface area contributed by atoms with Crippen LogP contribution < -0.4 is 10.1 Å². The summed E-state index contributed by atoms with van der Waals surface area (Å²) in [6.45, 7) is 2.93. The maximum Gasteiger partial charge on any atom is 0.187 e. The number of benzene rings is 1. The summed E-state index contributed by atoms with van der Waals surface area (Å²) in [5.74, 6) is 1.67. The highest BCUT2D eigenvalue weighted by molar-refractivity contribution is 7.14. The Balaban J connectivity index is 1.42.